The predicted octanol–water partition coefficient (Wildman–Crippen LogP) is 2.49. The molecule has 0 radical (unpaired) electrons. The van der Waals surface area contributed by atoms with E-state index in [1.807, 2.05) is 13.0 Å². The standard InChI is InChI=1S/C13H17N3OS/c1-9-10(7-15-16-9)12(17)14-8-13(2,3)11-5-4-6-18-11/h4-7H,8H2,1-3H3,(H,14,17)(H,15,16). The Kier molecular flexibility index (Phi) is 3.52. The van der Waals surface area contributed by atoms with E-state index in [4.69, 9.17) is 0 Å². The van der Waals surface area contributed by atoms with Crippen LogP contribution >= 0.6 is 11.3 Å². The van der Waals surface area contributed by atoms with Crippen molar-refractivity contribution in [1.29, 1.82) is 0 Å². The third kappa shape index (κ3) is 2.61. The number of thiophene rings is 1. The number of aryl methyl sites for hydroxylation is 1. The molecule has 0 aliphatic rings. The first kappa shape index (κ1) is 12.8. The molecule has 4 nitrogen and oxygen atoms in total. The number of nitrogens with zero attached hydrogens (tertiary/aromatic N) is 1. The van der Waals surface area contributed by atoms with Crippen LogP contribution in [0, 0.1) is 6.92 Å². The first-order valence-electron chi connectivity index (χ1n) is 5.83. The van der Waals surface area contributed by atoms with Crippen molar-refractivity contribution >= 4 is 17.2 Å². The predicted molar refractivity (Wildman–Crippen MR) is 73.0 cm³/mol. The lowest BCUT2D eigenvalue weighted by atomic mass is 9.91. The van der Waals surface area contributed by atoms with Crippen molar-refractivity contribution in [3.8, 4) is 0 Å². The maximum Gasteiger partial charge on any atom is 0.254 e. The van der Waals surface area contributed by atoms with Gasteiger partial charge in [-0.05, 0) is 18.4 Å². The maximum absolute atomic E-state index is 12.0. The van der Waals surface area contributed by atoms with Crippen molar-refractivity contribution in [2.24, 2.45) is 0 Å². The Morgan fingerprint density at radius 1 is 1.56 bits per heavy atom. The average Bonchev–Trinajstić information content (AvgIpc) is 2.96. The zero-order chi connectivity index (χ0) is 13.2. The Balaban J connectivity index is 2.00. The monoisotopic (exact) mass is 263 g/mol. The van der Waals surface area contributed by atoms with Crippen LogP contribution in [-0.2, 0) is 5.41 Å². The largest absolute Gasteiger partial charge is 0.351 e. The summed E-state index contributed by atoms with van der Waals surface area (Å²) in [6.45, 7) is 6.70. The minimum absolute atomic E-state index is 0.0541. The summed E-state index contributed by atoms with van der Waals surface area (Å²) in [7, 11) is 0. The molecule has 0 saturated heterocycles. The van der Waals surface area contributed by atoms with E-state index >= 15 is 0 Å². The molecule has 0 saturated carbocycles. The molecule has 0 bridgehead atoms. The second-order valence-electron chi connectivity index (χ2n) is 4.95. The van der Waals surface area contributed by atoms with Gasteiger partial charge in [0.15, 0.2) is 0 Å². The lowest BCUT2D eigenvalue weighted by Gasteiger charge is -2.23. The molecule has 0 aliphatic heterocycles. The highest BCUT2D eigenvalue weighted by atomic mass is 32.1. The van der Waals surface area contributed by atoms with Gasteiger partial charge in [-0.1, -0.05) is 19.9 Å². The zero-order valence-corrected chi connectivity index (χ0v) is 11.6. The van der Waals surface area contributed by atoms with Crippen molar-refractivity contribution in [2.75, 3.05) is 6.54 Å². The van der Waals surface area contributed by atoms with Crippen LogP contribution in [0.3, 0.4) is 0 Å². The van der Waals surface area contributed by atoms with E-state index < -0.39 is 0 Å². The number of rotatable bonds is 4. The molecule has 2 rings (SSSR count). The van der Waals surface area contributed by atoms with E-state index in [1.165, 1.54) is 4.88 Å². The summed E-state index contributed by atoms with van der Waals surface area (Å²) < 4.78 is 0. The van der Waals surface area contributed by atoms with Crippen LogP contribution in [0.4, 0.5) is 0 Å². The van der Waals surface area contributed by atoms with E-state index in [-0.39, 0.29) is 11.3 Å². The molecular weight excluding hydrogens is 246 g/mol. The van der Waals surface area contributed by atoms with Crippen LogP contribution < -0.4 is 5.32 Å². The minimum atomic E-state index is -0.0779. The summed E-state index contributed by atoms with van der Waals surface area (Å²) in [5.41, 5.74) is 1.35. The van der Waals surface area contributed by atoms with Crippen LogP contribution in [0.2, 0.25) is 0 Å². The van der Waals surface area contributed by atoms with E-state index in [0.29, 0.717) is 12.1 Å². The van der Waals surface area contributed by atoms with Crippen molar-refractivity contribution in [3.63, 3.8) is 0 Å². The smallest absolute Gasteiger partial charge is 0.254 e. The normalized spacial score (nSPS) is 11.5. The molecule has 5 heteroatoms. The van der Waals surface area contributed by atoms with E-state index in [1.54, 1.807) is 17.5 Å². The number of H-pyrrole nitrogens is 1. The molecule has 0 atom stereocenters. The summed E-state index contributed by atoms with van der Waals surface area (Å²) >= 11 is 1.71. The van der Waals surface area contributed by atoms with E-state index in [0.717, 1.165) is 5.69 Å². The fraction of sp³-hybridized carbons (Fsp3) is 0.385. The van der Waals surface area contributed by atoms with Gasteiger partial charge < -0.3 is 5.32 Å². The van der Waals surface area contributed by atoms with Gasteiger partial charge in [0.1, 0.15) is 0 Å². The Morgan fingerprint density at radius 2 is 2.33 bits per heavy atom. The lowest BCUT2D eigenvalue weighted by molar-refractivity contribution is 0.0945. The summed E-state index contributed by atoms with van der Waals surface area (Å²) in [5.74, 6) is -0.0779. The van der Waals surface area contributed by atoms with Gasteiger partial charge in [-0.2, -0.15) is 5.10 Å². The van der Waals surface area contributed by atoms with Gasteiger partial charge in [0.05, 0.1) is 11.8 Å². The molecule has 2 aromatic rings. The van der Waals surface area contributed by atoms with Gasteiger partial charge in [0, 0.05) is 22.5 Å². The number of aromatic amines is 1. The quantitative estimate of drug-likeness (QED) is 0.890. The second kappa shape index (κ2) is 4.94. The van der Waals surface area contributed by atoms with Crippen LogP contribution in [0.1, 0.15) is 34.8 Å². The van der Waals surface area contributed by atoms with Gasteiger partial charge in [0.25, 0.3) is 5.91 Å². The van der Waals surface area contributed by atoms with Crippen molar-refractivity contribution in [1.82, 2.24) is 15.5 Å². The molecule has 0 aliphatic carbocycles. The fourth-order valence-electron chi connectivity index (χ4n) is 1.73. The highest BCUT2D eigenvalue weighted by Gasteiger charge is 2.23. The van der Waals surface area contributed by atoms with Crippen LogP contribution in [0.15, 0.2) is 23.7 Å². The van der Waals surface area contributed by atoms with Crippen LogP contribution in [0.5, 0.6) is 0 Å². The van der Waals surface area contributed by atoms with Gasteiger partial charge >= 0.3 is 0 Å². The average molecular weight is 263 g/mol. The lowest BCUT2D eigenvalue weighted by Crippen LogP contribution is -2.36. The van der Waals surface area contributed by atoms with Crippen molar-refractivity contribution in [2.45, 2.75) is 26.2 Å². The number of amides is 1. The molecule has 2 N–H and O–H groups in total. The number of nitrogens with one attached hydrogen (secondary N) is 2. The molecule has 0 unspecified atom stereocenters. The third-order valence-corrected chi connectivity index (χ3v) is 4.19. The zero-order valence-electron chi connectivity index (χ0n) is 10.8. The SMILES string of the molecule is Cc1[nH]ncc1C(=O)NCC(C)(C)c1cccs1. The molecule has 2 heterocycles. The molecule has 0 spiro atoms. The summed E-state index contributed by atoms with van der Waals surface area (Å²) in [6.07, 6.45) is 1.56. The van der Waals surface area contributed by atoms with E-state index in [9.17, 15) is 4.79 Å². The fourth-order valence-corrected chi connectivity index (χ4v) is 2.58. The summed E-state index contributed by atoms with van der Waals surface area (Å²) in [5, 5.41) is 11.6. The Labute approximate surface area is 110 Å². The topological polar surface area (TPSA) is 57.8 Å². The molecular formula is C13H17N3OS. The minimum Gasteiger partial charge on any atom is -0.351 e. The first-order valence-corrected chi connectivity index (χ1v) is 6.71. The van der Waals surface area contributed by atoms with Gasteiger partial charge in [-0.15, -0.1) is 11.3 Å². The van der Waals surface area contributed by atoms with Crippen molar-refractivity contribution in [3.05, 3.63) is 39.8 Å². The molecule has 0 aromatic carbocycles. The number of carbonyl (C=O) groups excluding carboxylic acids is 1. The molecule has 1 amide bonds. The number of hydrogen-bond donors (Lipinski definition) is 2. The van der Waals surface area contributed by atoms with Crippen LogP contribution in [0.25, 0.3) is 0 Å². The van der Waals surface area contributed by atoms with Gasteiger partial charge in [-0.25, -0.2) is 0 Å². The molecule has 18 heavy (non-hydrogen) atoms. The Morgan fingerprint density at radius 3 is 2.89 bits per heavy atom. The summed E-state index contributed by atoms with van der Waals surface area (Å²) in [4.78, 5) is 13.2. The molecule has 96 valence electrons. The van der Waals surface area contributed by atoms with Crippen molar-refractivity contribution < 1.29 is 4.79 Å². The Hall–Kier alpha value is -1.62. The number of carbonyl (C=O) groups is 1. The van der Waals surface area contributed by atoms with Crippen LogP contribution in [-0.4, -0.2) is 22.6 Å². The highest BCUT2D eigenvalue weighted by Crippen LogP contribution is 2.26. The van der Waals surface area contributed by atoms with E-state index in [2.05, 4.69) is 40.8 Å². The number of hydrogen-bond acceptors (Lipinski definition) is 3. The van der Waals surface area contributed by atoms with Gasteiger partial charge in [-0.3, -0.25) is 9.89 Å². The summed E-state index contributed by atoms with van der Waals surface area (Å²) in [6, 6.07) is 4.13. The maximum atomic E-state index is 12.0. The Bertz CT molecular complexity index is 528. The molecule has 2 aromatic heterocycles. The third-order valence-electron chi connectivity index (χ3n) is 2.95. The number of aromatic nitrogens is 2. The second-order valence-corrected chi connectivity index (χ2v) is 5.90. The highest BCUT2D eigenvalue weighted by molar-refractivity contribution is 7.10. The van der Waals surface area contributed by atoms with Gasteiger partial charge in [0.2, 0.25) is 0 Å². The first-order chi connectivity index (χ1) is 8.50. The molecule has 0 fully saturated rings.